The summed E-state index contributed by atoms with van der Waals surface area (Å²) >= 11 is 0. The predicted octanol–water partition coefficient (Wildman–Crippen LogP) is 2.23. The van der Waals surface area contributed by atoms with Gasteiger partial charge in [0, 0.05) is 18.3 Å². The Morgan fingerprint density at radius 2 is 2.00 bits per heavy atom. The van der Waals surface area contributed by atoms with Gasteiger partial charge in [0.25, 0.3) is 0 Å². The molecule has 0 aliphatic heterocycles. The number of aliphatic hydroxyl groups excluding tert-OH is 1. The van der Waals surface area contributed by atoms with Crippen molar-refractivity contribution < 1.29 is 23.0 Å². The number of ether oxygens (including phenoxy) is 1. The fourth-order valence-corrected chi connectivity index (χ4v) is 1.38. The van der Waals surface area contributed by atoms with Crippen LogP contribution in [0.2, 0.25) is 0 Å². The molecule has 0 saturated carbocycles. The summed E-state index contributed by atoms with van der Waals surface area (Å²) in [6, 6.07) is 2.08. The summed E-state index contributed by atoms with van der Waals surface area (Å²) in [6.45, 7) is 5.71. The van der Waals surface area contributed by atoms with Crippen molar-refractivity contribution in [3.05, 3.63) is 23.9 Å². The SMILES string of the molecule is CC(C)(C)NC[C@H](O)COc1ncccc1C(F)(F)F. The molecule has 7 heteroatoms. The first-order valence-corrected chi connectivity index (χ1v) is 6.18. The Morgan fingerprint density at radius 3 is 2.55 bits per heavy atom. The molecule has 0 unspecified atom stereocenters. The largest absolute Gasteiger partial charge is 0.474 e. The molecule has 1 aromatic rings. The second kappa shape index (κ2) is 6.41. The Bertz CT molecular complexity index is 430. The number of nitrogens with zero attached hydrogens (tertiary/aromatic N) is 1. The van der Waals surface area contributed by atoms with Crippen LogP contribution in [0.4, 0.5) is 13.2 Å². The lowest BCUT2D eigenvalue weighted by molar-refractivity contribution is -0.139. The van der Waals surface area contributed by atoms with Crippen LogP contribution in [-0.2, 0) is 6.18 Å². The molecule has 114 valence electrons. The fourth-order valence-electron chi connectivity index (χ4n) is 1.38. The minimum atomic E-state index is -4.53. The molecule has 0 saturated heterocycles. The molecule has 1 atom stereocenters. The fraction of sp³-hybridized carbons (Fsp3) is 0.615. The summed E-state index contributed by atoms with van der Waals surface area (Å²) in [7, 11) is 0. The standard InChI is InChI=1S/C13H19F3N2O2/c1-12(2,3)18-7-9(19)8-20-11-10(13(14,15)16)5-4-6-17-11/h4-6,9,18-19H,7-8H2,1-3H3/t9-/m0/s1. The summed E-state index contributed by atoms with van der Waals surface area (Å²) in [4.78, 5) is 3.55. The number of pyridine rings is 1. The van der Waals surface area contributed by atoms with Gasteiger partial charge in [0.15, 0.2) is 0 Å². The van der Waals surface area contributed by atoms with E-state index in [2.05, 4.69) is 10.3 Å². The lowest BCUT2D eigenvalue weighted by Gasteiger charge is -2.23. The Kier molecular flexibility index (Phi) is 5.35. The highest BCUT2D eigenvalue weighted by molar-refractivity contribution is 5.28. The lowest BCUT2D eigenvalue weighted by Crippen LogP contribution is -2.42. The highest BCUT2D eigenvalue weighted by Gasteiger charge is 2.35. The van der Waals surface area contributed by atoms with Crippen LogP contribution in [0, 0.1) is 0 Å². The van der Waals surface area contributed by atoms with Crippen LogP contribution in [0.15, 0.2) is 18.3 Å². The average Bonchev–Trinajstić information content (AvgIpc) is 2.32. The van der Waals surface area contributed by atoms with Gasteiger partial charge in [0.1, 0.15) is 18.3 Å². The topological polar surface area (TPSA) is 54.4 Å². The van der Waals surface area contributed by atoms with Crippen LogP contribution in [-0.4, -0.2) is 34.9 Å². The van der Waals surface area contributed by atoms with Crippen molar-refractivity contribution >= 4 is 0 Å². The number of hydrogen-bond acceptors (Lipinski definition) is 4. The Balaban J connectivity index is 2.58. The molecule has 0 bridgehead atoms. The predicted molar refractivity (Wildman–Crippen MR) is 68.5 cm³/mol. The molecule has 1 rings (SSSR count). The molecular weight excluding hydrogens is 273 g/mol. The zero-order valence-corrected chi connectivity index (χ0v) is 11.7. The van der Waals surface area contributed by atoms with E-state index in [0.717, 1.165) is 6.07 Å². The first kappa shape index (κ1) is 16.7. The summed E-state index contributed by atoms with van der Waals surface area (Å²) in [5.41, 5.74) is -1.14. The van der Waals surface area contributed by atoms with E-state index in [1.54, 1.807) is 0 Å². The van der Waals surface area contributed by atoms with Gasteiger partial charge in [0.2, 0.25) is 5.88 Å². The van der Waals surface area contributed by atoms with Crippen LogP contribution in [0.3, 0.4) is 0 Å². The number of hydrogen-bond donors (Lipinski definition) is 2. The molecular formula is C13H19F3N2O2. The van der Waals surface area contributed by atoms with Crippen molar-refractivity contribution in [1.82, 2.24) is 10.3 Å². The van der Waals surface area contributed by atoms with E-state index in [4.69, 9.17) is 4.74 Å². The van der Waals surface area contributed by atoms with Gasteiger partial charge in [-0.05, 0) is 32.9 Å². The van der Waals surface area contributed by atoms with Gasteiger partial charge in [0.05, 0.1) is 0 Å². The second-order valence-corrected chi connectivity index (χ2v) is 5.45. The molecule has 0 fully saturated rings. The molecule has 0 aliphatic rings. The first-order valence-electron chi connectivity index (χ1n) is 6.18. The van der Waals surface area contributed by atoms with Crippen molar-refractivity contribution in [3.8, 4) is 5.88 Å². The average molecular weight is 292 g/mol. The van der Waals surface area contributed by atoms with Crippen LogP contribution >= 0.6 is 0 Å². The van der Waals surface area contributed by atoms with Crippen molar-refractivity contribution in [2.75, 3.05) is 13.2 Å². The van der Waals surface area contributed by atoms with Crippen LogP contribution in [0.25, 0.3) is 0 Å². The number of rotatable bonds is 5. The number of β-amino-alcohol motifs (C(OH)–C–C–N with tert-alkyl or cyclic N) is 1. The molecule has 0 amide bonds. The number of alkyl halides is 3. The molecule has 0 aliphatic carbocycles. The maximum absolute atomic E-state index is 12.7. The van der Waals surface area contributed by atoms with E-state index in [0.29, 0.717) is 0 Å². The monoisotopic (exact) mass is 292 g/mol. The molecule has 0 aromatic carbocycles. The lowest BCUT2D eigenvalue weighted by atomic mass is 10.1. The maximum Gasteiger partial charge on any atom is 0.421 e. The molecule has 1 aromatic heterocycles. The minimum absolute atomic E-state index is 0.191. The highest BCUT2D eigenvalue weighted by Crippen LogP contribution is 2.34. The normalized spacial score (nSPS) is 14.2. The van der Waals surface area contributed by atoms with Gasteiger partial charge in [-0.25, -0.2) is 4.98 Å². The van der Waals surface area contributed by atoms with Crippen LogP contribution in [0.5, 0.6) is 5.88 Å². The van der Waals surface area contributed by atoms with E-state index < -0.39 is 23.7 Å². The van der Waals surface area contributed by atoms with Crippen molar-refractivity contribution in [2.45, 2.75) is 38.6 Å². The smallest absolute Gasteiger partial charge is 0.421 e. The number of nitrogens with one attached hydrogen (secondary N) is 1. The van der Waals surface area contributed by atoms with Crippen LogP contribution < -0.4 is 10.1 Å². The van der Waals surface area contributed by atoms with Gasteiger partial charge in [-0.1, -0.05) is 0 Å². The van der Waals surface area contributed by atoms with Gasteiger partial charge < -0.3 is 15.2 Å². The number of halogens is 3. The molecule has 0 spiro atoms. The van der Waals surface area contributed by atoms with E-state index in [-0.39, 0.29) is 18.7 Å². The van der Waals surface area contributed by atoms with Gasteiger partial charge in [-0.15, -0.1) is 0 Å². The Labute approximate surface area is 116 Å². The summed E-state index contributed by atoms with van der Waals surface area (Å²) < 4.78 is 43.0. The Morgan fingerprint density at radius 1 is 1.35 bits per heavy atom. The third-order valence-electron chi connectivity index (χ3n) is 2.36. The zero-order chi connectivity index (χ0) is 15.4. The number of aliphatic hydroxyl groups is 1. The quantitative estimate of drug-likeness (QED) is 0.874. The van der Waals surface area contributed by atoms with Crippen molar-refractivity contribution in [2.24, 2.45) is 0 Å². The number of aromatic nitrogens is 1. The van der Waals surface area contributed by atoms with E-state index in [1.165, 1.54) is 12.3 Å². The zero-order valence-electron chi connectivity index (χ0n) is 11.7. The molecule has 0 radical (unpaired) electrons. The van der Waals surface area contributed by atoms with Crippen molar-refractivity contribution in [3.63, 3.8) is 0 Å². The van der Waals surface area contributed by atoms with Crippen molar-refractivity contribution in [1.29, 1.82) is 0 Å². The van der Waals surface area contributed by atoms with Gasteiger partial charge in [-0.3, -0.25) is 0 Å². The van der Waals surface area contributed by atoms with Gasteiger partial charge >= 0.3 is 6.18 Å². The maximum atomic E-state index is 12.7. The molecule has 1 heterocycles. The molecule has 4 nitrogen and oxygen atoms in total. The molecule has 2 N–H and O–H groups in total. The van der Waals surface area contributed by atoms with Gasteiger partial charge in [-0.2, -0.15) is 13.2 Å². The third-order valence-corrected chi connectivity index (χ3v) is 2.36. The summed E-state index contributed by atoms with van der Waals surface area (Å²) in [6.07, 6.45) is -4.24. The van der Waals surface area contributed by atoms with E-state index in [9.17, 15) is 18.3 Å². The first-order chi connectivity index (χ1) is 9.09. The summed E-state index contributed by atoms with van der Waals surface area (Å²) in [5, 5.41) is 12.7. The summed E-state index contributed by atoms with van der Waals surface area (Å²) in [5.74, 6) is -0.519. The third kappa shape index (κ3) is 5.75. The molecule has 20 heavy (non-hydrogen) atoms. The Hall–Kier alpha value is -1.34. The van der Waals surface area contributed by atoms with E-state index in [1.807, 2.05) is 20.8 Å². The highest BCUT2D eigenvalue weighted by atomic mass is 19.4. The second-order valence-electron chi connectivity index (χ2n) is 5.45. The van der Waals surface area contributed by atoms with E-state index >= 15 is 0 Å². The minimum Gasteiger partial charge on any atom is -0.474 e. The van der Waals surface area contributed by atoms with Crippen LogP contribution in [0.1, 0.15) is 26.3 Å².